The van der Waals surface area contributed by atoms with Crippen LogP contribution in [0.1, 0.15) is 25.8 Å². The predicted octanol–water partition coefficient (Wildman–Crippen LogP) is 6.01. The molecule has 166 valence electrons. The Hall–Kier alpha value is -1.37. The number of hydrogen-bond acceptors (Lipinski definition) is 2. The Balaban J connectivity index is 0.000000858. The number of nitrogens with zero attached hydrogens (tertiary/aromatic N) is 1. The van der Waals surface area contributed by atoms with Gasteiger partial charge in [-0.2, -0.15) is 0 Å². The van der Waals surface area contributed by atoms with Crippen LogP contribution >= 0.6 is 28.3 Å². The molecule has 1 heterocycles. The molecule has 0 fully saturated rings. The van der Waals surface area contributed by atoms with Gasteiger partial charge in [-0.3, -0.25) is 0 Å². The van der Waals surface area contributed by atoms with Gasteiger partial charge in [0.05, 0.1) is 6.04 Å². The molecule has 0 radical (unpaired) electrons. The van der Waals surface area contributed by atoms with Crippen LogP contribution in [0.5, 0.6) is 0 Å². The Bertz CT molecular complexity index is 930. The molecule has 3 aromatic rings. The fraction of sp³-hybridized carbons (Fsp3) is 0.240. The summed E-state index contributed by atoms with van der Waals surface area (Å²) in [6.45, 7) is 5.17. The number of aliphatic imine (C=N–C) groups is 1. The second-order valence-corrected chi connectivity index (χ2v) is 11.4. The predicted molar refractivity (Wildman–Crippen MR) is 133 cm³/mol. The van der Waals surface area contributed by atoms with E-state index >= 15 is 0 Å². The third kappa shape index (κ3) is 6.80. The second-order valence-electron chi connectivity index (χ2n) is 7.60. The summed E-state index contributed by atoms with van der Waals surface area (Å²) in [7, 11) is 8.73. The molecule has 31 heavy (non-hydrogen) atoms. The molecule has 0 spiro atoms. The maximum atomic E-state index is 6.08. The Morgan fingerprint density at radius 2 is 1.42 bits per heavy atom. The normalized spacial score (nSPS) is 15.4. The zero-order valence-electron chi connectivity index (χ0n) is 17.5. The van der Waals surface area contributed by atoms with Crippen molar-refractivity contribution in [3.8, 4) is 0 Å². The van der Waals surface area contributed by atoms with Gasteiger partial charge in [-0.15, -0.1) is 0 Å². The van der Waals surface area contributed by atoms with Gasteiger partial charge < -0.3 is 4.74 Å². The third-order valence-electron chi connectivity index (χ3n) is 4.86. The quantitative estimate of drug-likeness (QED) is 0.290. The molecule has 2 nitrogen and oxygen atoms in total. The standard InChI is InChI=1S/C25H26NOP.2ClH.Ni/c1-19(2)17-20-18-27-25(26-20)23-15-9-10-16-24(23)28(21-11-5-3-6-12-21)22-13-7-4-8-14-22;;;/h3-16,19-20H,17-18H2,1-2H3;2*1H;/q;;;+2/p-2/t20-;;;/m0.../s1. The zero-order chi connectivity index (χ0) is 22.1. The van der Waals surface area contributed by atoms with Crippen molar-refractivity contribution in [3.05, 3.63) is 90.5 Å². The minimum atomic E-state index is -0.675. The average molecular weight is 517 g/mol. The second kappa shape index (κ2) is 12.6. The van der Waals surface area contributed by atoms with Crippen LogP contribution in [0.4, 0.5) is 0 Å². The molecule has 0 amide bonds. The summed E-state index contributed by atoms with van der Waals surface area (Å²) in [5, 5.41) is 3.99. The molecule has 0 aromatic heterocycles. The summed E-state index contributed by atoms with van der Waals surface area (Å²) in [6, 6.07) is 30.5. The van der Waals surface area contributed by atoms with E-state index in [4.69, 9.17) is 30.1 Å². The van der Waals surface area contributed by atoms with E-state index in [1.54, 1.807) is 0 Å². The molecule has 0 unspecified atom stereocenters. The van der Waals surface area contributed by atoms with Crippen LogP contribution < -0.4 is 15.9 Å². The van der Waals surface area contributed by atoms with Crippen LogP contribution in [0.15, 0.2) is 89.9 Å². The number of ether oxygens (including phenoxy) is 1. The van der Waals surface area contributed by atoms with Gasteiger partial charge in [-0.1, -0.05) is 92.7 Å². The van der Waals surface area contributed by atoms with E-state index in [1.807, 2.05) is 0 Å². The Morgan fingerprint density at radius 3 is 1.97 bits per heavy atom. The molecule has 4 rings (SSSR count). The molecule has 1 aliphatic heterocycles. The van der Waals surface area contributed by atoms with Crippen molar-refractivity contribution in [2.45, 2.75) is 26.3 Å². The first-order valence-electron chi connectivity index (χ1n) is 10.2. The summed E-state index contributed by atoms with van der Waals surface area (Å²) < 4.78 is 6.08. The van der Waals surface area contributed by atoms with Crippen molar-refractivity contribution in [3.63, 3.8) is 0 Å². The van der Waals surface area contributed by atoms with E-state index in [0.717, 1.165) is 17.9 Å². The first kappa shape index (κ1) is 24.3. The minimum absolute atomic E-state index is 0.266. The van der Waals surface area contributed by atoms with Crippen molar-refractivity contribution in [2.24, 2.45) is 10.9 Å². The van der Waals surface area contributed by atoms with E-state index in [-0.39, 0.29) is 6.04 Å². The molecule has 6 heteroatoms. The molecule has 1 aliphatic rings. The van der Waals surface area contributed by atoms with Crippen molar-refractivity contribution >= 4 is 50.1 Å². The van der Waals surface area contributed by atoms with E-state index in [0.29, 0.717) is 25.2 Å². The average Bonchev–Trinajstić information content (AvgIpc) is 3.24. The first-order chi connectivity index (χ1) is 15.1. The van der Waals surface area contributed by atoms with Crippen molar-refractivity contribution in [1.82, 2.24) is 0 Å². The van der Waals surface area contributed by atoms with Gasteiger partial charge in [0.15, 0.2) is 0 Å². The fourth-order valence-electron chi connectivity index (χ4n) is 3.66. The van der Waals surface area contributed by atoms with Gasteiger partial charge >= 0.3 is 33.0 Å². The van der Waals surface area contributed by atoms with E-state index in [2.05, 4.69) is 98.8 Å². The first-order valence-corrected chi connectivity index (χ1v) is 14.2. The third-order valence-corrected chi connectivity index (χ3v) is 7.36. The number of rotatable bonds is 6. The molecular weight excluding hydrogens is 491 g/mol. The van der Waals surface area contributed by atoms with E-state index < -0.39 is 7.92 Å². The fourth-order valence-corrected chi connectivity index (χ4v) is 6.10. The molecule has 0 aliphatic carbocycles. The Kier molecular flexibility index (Phi) is 9.88. The number of hydrogen-bond donors (Lipinski definition) is 0. The van der Waals surface area contributed by atoms with Crippen LogP contribution in [0, 0.1) is 5.92 Å². The summed E-state index contributed by atoms with van der Waals surface area (Å²) in [4.78, 5) is 4.93. The molecule has 1 atom stereocenters. The summed E-state index contributed by atoms with van der Waals surface area (Å²) >= 11 is 0.569. The van der Waals surface area contributed by atoms with Crippen molar-refractivity contribution in [2.75, 3.05) is 6.61 Å². The monoisotopic (exact) mass is 515 g/mol. The van der Waals surface area contributed by atoms with Crippen LogP contribution in [-0.4, -0.2) is 18.5 Å². The van der Waals surface area contributed by atoms with Gasteiger partial charge in [-0.25, -0.2) is 4.99 Å². The van der Waals surface area contributed by atoms with Gasteiger partial charge in [0.1, 0.15) is 6.61 Å². The molecule has 0 saturated carbocycles. The topological polar surface area (TPSA) is 21.6 Å². The molecule has 3 aromatic carbocycles. The Morgan fingerprint density at radius 1 is 0.903 bits per heavy atom. The molecule has 0 N–H and O–H groups in total. The van der Waals surface area contributed by atoms with Crippen LogP contribution in [0.25, 0.3) is 0 Å². The van der Waals surface area contributed by atoms with Gasteiger partial charge in [0.2, 0.25) is 5.90 Å². The van der Waals surface area contributed by atoms with E-state index in [1.165, 1.54) is 15.9 Å². The zero-order valence-corrected chi connectivity index (χ0v) is 20.9. The summed E-state index contributed by atoms with van der Waals surface area (Å²) in [5.74, 6) is 1.43. The number of halogens is 2. The van der Waals surface area contributed by atoms with Gasteiger partial charge in [0.25, 0.3) is 0 Å². The summed E-state index contributed by atoms with van der Waals surface area (Å²) in [5.41, 5.74) is 1.13. The molecule has 0 bridgehead atoms. The van der Waals surface area contributed by atoms with Crippen LogP contribution in [-0.2, 0) is 17.4 Å². The number of benzene rings is 3. The molecular formula is C25H26Cl2NNiOP. The Labute approximate surface area is 201 Å². The van der Waals surface area contributed by atoms with E-state index in [9.17, 15) is 0 Å². The SMILES string of the molecule is CC(C)C[C@H]1COC(c2ccccc2P(c2ccccc2)c2ccccc2)=N1.[Cl][Ni][Cl]. The van der Waals surface area contributed by atoms with Crippen LogP contribution in [0.2, 0.25) is 0 Å². The molecule has 0 saturated heterocycles. The van der Waals surface area contributed by atoms with Gasteiger partial charge in [-0.05, 0) is 42.2 Å². The van der Waals surface area contributed by atoms with Crippen molar-refractivity contribution < 1.29 is 17.4 Å². The van der Waals surface area contributed by atoms with Crippen LogP contribution in [0.3, 0.4) is 0 Å². The maximum absolute atomic E-state index is 6.08. The van der Waals surface area contributed by atoms with Gasteiger partial charge in [0, 0.05) is 5.56 Å². The summed E-state index contributed by atoms with van der Waals surface area (Å²) in [6.07, 6.45) is 1.07. The van der Waals surface area contributed by atoms with Crippen molar-refractivity contribution in [1.29, 1.82) is 0 Å².